The smallest absolute Gasteiger partial charge is 0.252 e. The number of amides is 3. The van der Waals surface area contributed by atoms with Gasteiger partial charge in [-0.3, -0.25) is 14.4 Å². The molecule has 2 N–H and O–H groups in total. The van der Waals surface area contributed by atoms with Crippen LogP contribution >= 0.6 is 11.3 Å². The van der Waals surface area contributed by atoms with Gasteiger partial charge in [-0.05, 0) is 32.2 Å². The van der Waals surface area contributed by atoms with Crippen molar-refractivity contribution in [2.24, 2.45) is 0 Å². The number of carbonyl (C=O) groups is 3. The molecule has 0 saturated heterocycles. The average Bonchev–Trinajstić information content (AvgIpc) is 2.86. The first-order chi connectivity index (χ1) is 9.69. The zero-order valence-electron chi connectivity index (χ0n) is 12.7. The fraction of sp³-hybridized carbons (Fsp3) is 0.500. The van der Waals surface area contributed by atoms with E-state index in [-0.39, 0.29) is 36.3 Å². The summed E-state index contributed by atoms with van der Waals surface area (Å²) in [5, 5.41) is 8.81. The van der Waals surface area contributed by atoms with Crippen LogP contribution in [0.1, 0.15) is 31.1 Å². The van der Waals surface area contributed by atoms with Crippen LogP contribution in [0.15, 0.2) is 16.8 Å². The molecule has 21 heavy (non-hydrogen) atoms. The van der Waals surface area contributed by atoms with Gasteiger partial charge in [0.2, 0.25) is 11.8 Å². The van der Waals surface area contributed by atoms with Gasteiger partial charge in [-0.15, -0.1) is 0 Å². The van der Waals surface area contributed by atoms with Crippen molar-refractivity contribution in [3.05, 3.63) is 22.4 Å². The molecule has 0 saturated carbocycles. The third-order valence-corrected chi connectivity index (χ3v) is 3.19. The molecule has 0 atom stereocenters. The van der Waals surface area contributed by atoms with Gasteiger partial charge in [0, 0.05) is 23.5 Å². The summed E-state index contributed by atoms with van der Waals surface area (Å²) in [4.78, 5) is 36.5. The molecule has 0 aliphatic rings. The minimum Gasteiger partial charge on any atom is -0.350 e. The van der Waals surface area contributed by atoms with Crippen molar-refractivity contribution in [2.75, 3.05) is 20.1 Å². The van der Waals surface area contributed by atoms with E-state index in [0.717, 1.165) is 0 Å². The number of nitrogens with one attached hydrogen (secondary N) is 2. The molecule has 6 nitrogen and oxygen atoms in total. The van der Waals surface area contributed by atoms with Gasteiger partial charge in [0.05, 0.1) is 13.1 Å². The van der Waals surface area contributed by atoms with Crippen LogP contribution in [0.3, 0.4) is 0 Å². The van der Waals surface area contributed by atoms with Crippen molar-refractivity contribution < 1.29 is 14.4 Å². The lowest BCUT2D eigenvalue weighted by atomic mass is 10.1. The number of hydrogen-bond donors (Lipinski definition) is 2. The van der Waals surface area contributed by atoms with Gasteiger partial charge in [0.15, 0.2) is 0 Å². The zero-order chi connectivity index (χ0) is 16.0. The minimum absolute atomic E-state index is 0.0373. The maximum Gasteiger partial charge on any atom is 0.252 e. The molecule has 0 aliphatic carbocycles. The Labute approximate surface area is 128 Å². The number of carbonyl (C=O) groups excluding carboxylic acids is 3. The van der Waals surface area contributed by atoms with Gasteiger partial charge >= 0.3 is 0 Å². The molecule has 1 aromatic rings. The lowest BCUT2D eigenvalue weighted by Crippen LogP contribution is -2.47. The summed E-state index contributed by atoms with van der Waals surface area (Å²) < 4.78 is 0. The summed E-state index contributed by atoms with van der Waals surface area (Å²) in [6.45, 7) is 5.44. The lowest BCUT2D eigenvalue weighted by Gasteiger charge is -2.23. The lowest BCUT2D eigenvalue weighted by molar-refractivity contribution is -0.134. The summed E-state index contributed by atoms with van der Waals surface area (Å²) in [6, 6.07) is 1.69. The number of nitrogens with zero attached hydrogens (tertiary/aromatic N) is 1. The van der Waals surface area contributed by atoms with Crippen molar-refractivity contribution >= 4 is 29.1 Å². The van der Waals surface area contributed by atoms with Gasteiger partial charge in [0.1, 0.15) is 0 Å². The summed E-state index contributed by atoms with van der Waals surface area (Å²) in [5.74, 6) is -0.845. The molecule has 0 aromatic carbocycles. The molecular weight excluding hydrogens is 290 g/mol. The van der Waals surface area contributed by atoms with E-state index in [4.69, 9.17) is 0 Å². The van der Waals surface area contributed by atoms with E-state index >= 15 is 0 Å². The van der Waals surface area contributed by atoms with Gasteiger partial charge in [-0.1, -0.05) is 0 Å². The normalized spacial score (nSPS) is 10.9. The zero-order valence-corrected chi connectivity index (χ0v) is 13.5. The van der Waals surface area contributed by atoms with Gasteiger partial charge in [-0.2, -0.15) is 11.3 Å². The van der Waals surface area contributed by atoms with Crippen molar-refractivity contribution in [3.8, 4) is 0 Å². The average molecular weight is 311 g/mol. The van der Waals surface area contributed by atoms with Crippen LogP contribution in [-0.2, 0) is 9.59 Å². The summed E-state index contributed by atoms with van der Waals surface area (Å²) in [5.41, 5.74) is 0.189. The van der Waals surface area contributed by atoms with E-state index in [1.165, 1.54) is 23.3 Å². The Morgan fingerprint density at radius 1 is 1.29 bits per heavy atom. The number of rotatable bonds is 5. The van der Waals surface area contributed by atoms with E-state index < -0.39 is 0 Å². The van der Waals surface area contributed by atoms with E-state index in [0.29, 0.717) is 5.56 Å². The number of thiophene rings is 1. The number of likely N-dealkylation sites (N-methyl/N-ethyl adjacent to an activating group) is 1. The number of hydrogen-bond acceptors (Lipinski definition) is 4. The van der Waals surface area contributed by atoms with Crippen LogP contribution in [-0.4, -0.2) is 48.3 Å². The van der Waals surface area contributed by atoms with Crippen molar-refractivity contribution in [3.63, 3.8) is 0 Å². The molecule has 0 aliphatic heterocycles. The highest BCUT2D eigenvalue weighted by Crippen LogP contribution is 2.05. The minimum atomic E-state index is -0.339. The quantitative estimate of drug-likeness (QED) is 0.846. The van der Waals surface area contributed by atoms with Crippen LogP contribution in [0.2, 0.25) is 0 Å². The molecule has 0 unspecified atom stereocenters. The molecule has 3 amide bonds. The van der Waals surface area contributed by atoms with E-state index in [1.54, 1.807) is 16.8 Å². The van der Waals surface area contributed by atoms with Crippen LogP contribution in [0.25, 0.3) is 0 Å². The molecular formula is C14H21N3O3S. The summed E-state index contributed by atoms with van der Waals surface area (Å²) >= 11 is 1.41. The molecule has 0 bridgehead atoms. The summed E-state index contributed by atoms with van der Waals surface area (Å²) in [7, 11) is 1.53. The first-order valence-electron chi connectivity index (χ1n) is 6.54. The van der Waals surface area contributed by atoms with Gasteiger partial charge < -0.3 is 15.5 Å². The van der Waals surface area contributed by atoms with Gasteiger partial charge in [-0.25, -0.2) is 0 Å². The molecule has 0 fully saturated rings. The second kappa shape index (κ2) is 7.21. The van der Waals surface area contributed by atoms with Crippen molar-refractivity contribution in [1.29, 1.82) is 0 Å². The fourth-order valence-electron chi connectivity index (χ4n) is 1.55. The predicted octanol–water partition coefficient (Wildman–Crippen LogP) is 0.851. The molecule has 0 spiro atoms. The second-order valence-corrected chi connectivity index (χ2v) is 6.52. The highest BCUT2D eigenvalue weighted by Gasteiger charge is 2.18. The van der Waals surface area contributed by atoms with Crippen molar-refractivity contribution in [1.82, 2.24) is 15.5 Å². The van der Waals surface area contributed by atoms with E-state index in [1.807, 2.05) is 20.8 Å². The highest BCUT2D eigenvalue weighted by atomic mass is 32.1. The Kier molecular flexibility index (Phi) is 5.90. The fourth-order valence-corrected chi connectivity index (χ4v) is 2.18. The van der Waals surface area contributed by atoms with Crippen LogP contribution in [0, 0.1) is 0 Å². The third-order valence-electron chi connectivity index (χ3n) is 2.50. The molecule has 7 heteroatoms. The Morgan fingerprint density at radius 2 is 1.95 bits per heavy atom. The van der Waals surface area contributed by atoms with Gasteiger partial charge in [0.25, 0.3) is 5.91 Å². The Bertz CT molecular complexity index is 506. The predicted molar refractivity (Wildman–Crippen MR) is 82.2 cm³/mol. The Balaban J connectivity index is 2.38. The summed E-state index contributed by atoms with van der Waals surface area (Å²) in [6.07, 6.45) is 0. The Hall–Kier alpha value is -1.89. The van der Waals surface area contributed by atoms with Crippen LogP contribution in [0.5, 0.6) is 0 Å². The van der Waals surface area contributed by atoms with Crippen molar-refractivity contribution in [2.45, 2.75) is 26.3 Å². The monoisotopic (exact) mass is 311 g/mol. The van der Waals surface area contributed by atoms with Crippen LogP contribution < -0.4 is 10.6 Å². The first kappa shape index (κ1) is 17.2. The molecule has 1 rings (SSSR count). The second-order valence-electron chi connectivity index (χ2n) is 5.74. The molecule has 1 heterocycles. The van der Waals surface area contributed by atoms with E-state index in [9.17, 15) is 14.4 Å². The topological polar surface area (TPSA) is 78.5 Å². The molecule has 0 radical (unpaired) electrons. The third kappa shape index (κ3) is 6.40. The molecule has 116 valence electrons. The largest absolute Gasteiger partial charge is 0.350 e. The molecule has 1 aromatic heterocycles. The maximum atomic E-state index is 11.9. The SMILES string of the molecule is CN(CC(=O)NC(C)(C)C)C(=O)CNC(=O)c1ccsc1. The maximum absolute atomic E-state index is 11.9. The Morgan fingerprint density at radius 3 is 2.48 bits per heavy atom. The van der Waals surface area contributed by atoms with Crippen LogP contribution in [0.4, 0.5) is 0 Å². The standard InChI is InChI=1S/C14H21N3O3S/c1-14(2,3)16-11(18)8-17(4)12(19)7-15-13(20)10-5-6-21-9-10/h5-6,9H,7-8H2,1-4H3,(H,15,20)(H,16,18). The first-order valence-corrected chi connectivity index (χ1v) is 7.48. The van der Waals surface area contributed by atoms with E-state index in [2.05, 4.69) is 10.6 Å². The highest BCUT2D eigenvalue weighted by molar-refractivity contribution is 7.08.